The van der Waals surface area contributed by atoms with Gasteiger partial charge in [-0.15, -0.1) is 0 Å². The van der Waals surface area contributed by atoms with Crippen LogP contribution in [0.15, 0.2) is 140 Å². The molecular weight excluding hydrogens is 629 g/mol. The Bertz CT molecular complexity index is 2270. The largest absolute Gasteiger partial charge is 0.462 e. The summed E-state index contributed by atoms with van der Waals surface area (Å²) in [6, 6.07) is 36.8. The van der Waals surface area contributed by atoms with Crippen LogP contribution in [-0.2, 0) is 21.1 Å². The molecular formula is C45H37F3O2. The minimum Gasteiger partial charge on any atom is -0.462 e. The van der Waals surface area contributed by atoms with Gasteiger partial charge in [-0.1, -0.05) is 116 Å². The quantitative estimate of drug-likeness (QED) is 0.0505. The molecule has 7 rings (SSSR count). The van der Waals surface area contributed by atoms with Crippen molar-refractivity contribution in [2.24, 2.45) is 0 Å². The van der Waals surface area contributed by atoms with Gasteiger partial charge in [0.15, 0.2) is 0 Å². The highest BCUT2D eigenvalue weighted by Gasteiger charge is 2.43. The van der Waals surface area contributed by atoms with E-state index in [4.69, 9.17) is 4.74 Å². The van der Waals surface area contributed by atoms with E-state index < -0.39 is 17.2 Å². The van der Waals surface area contributed by atoms with Gasteiger partial charge in [-0.3, -0.25) is 0 Å². The second-order valence-corrected chi connectivity index (χ2v) is 13.3. The average Bonchev–Trinajstić information content (AvgIpc) is 3.39. The fourth-order valence-corrected chi connectivity index (χ4v) is 7.85. The molecule has 6 aromatic carbocycles. The van der Waals surface area contributed by atoms with Gasteiger partial charge in [0.25, 0.3) is 0 Å². The van der Waals surface area contributed by atoms with Gasteiger partial charge in [-0.2, -0.15) is 13.2 Å². The monoisotopic (exact) mass is 666 g/mol. The summed E-state index contributed by atoms with van der Waals surface area (Å²) >= 11 is 0. The van der Waals surface area contributed by atoms with E-state index in [-0.39, 0.29) is 5.97 Å². The van der Waals surface area contributed by atoms with Crippen molar-refractivity contribution in [1.82, 2.24) is 0 Å². The van der Waals surface area contributed by atoms with Crippen molar-refractivity contribution in [2.75, 3.05) is 6.61 Å². The molecule has 1 aliphatic carbocycles. The molecule has 0 heterocycles. The SMILES string of the molecule is C=C(C)C(=O)OCCCCC1(C(=C)C)c2ccccc2-c2ccc(-c3c4ccccc4c(-c4cccc(C(F)(F)F)c4)c4ccccc34)cc21. The van der Waals surface area contributed by atoms with Gasteiger partial charge >= 0.3 is 12.1 Å². The molecule has 250 valence electrons. The first kappa shape index (κ1) is 33.1. The van der Waals surface area contributed by atoms with E-state index in [0.29, 0.717) is 24.2 Å². The molecule has 6 aromatic rings. The van der Waals surface area contributed by atoms with E-state index in [2.05, 4.69) is 74.7 Å². The third-order valence-electron chi connectivity index (χ3n) is 10.1. The minimum atomic E-state index is -4.45. The molecule has 0 aliphatic heterocycles. The molecule has 0 spiro atoms. The number of alkyl halides is 3. The van der Waals surface area contributed by atoms with Crippen LogP contribution < -0.4 is 0 Å². The van der Waals surface area contributed by atoms with Crippen LogP contribution in [-0.4, -0.2) is 12.6 Å². The molecule has 0 saturated heterocycles. The van der Waals surface area contributed by atoms with Crippen LogP contribution >= 0.6 is 0 Å². The maximum atomic E-state index is 13.9. The standard InChI is InChI=1S/C45H37F3O2/c1-28(2)43(49)50-25-12-11-24-44(29(3)4)39-21-10-9-16-33(39)34-23-22-31(27-40(34)44)42-37-19-7-5-17-35(37)41(36-18-6-8-20-38(36)42)30-14-13-15-32(26-30)45(46,47)48/h5-10,13-23,26-27H,1,3,11-12,24-25H2,2,4H3. The lowest BCUT2D eigenvalue weighted by atomic mass is 9.69. The predicted molar refractivity (Wildman–Crippen MR) is 198 cm³/mol. The summed E-state index contributed by atoms with van der Waals surface area (Å²) in [6.07, 6.45) is -2.14. The summed E-state index contributed by atoms with van der Waals surface area (Å²) in [5.41, 5.74) is 8.41. The Balaban J connectivity index is 1.41. The highest BCUT2D eigenvalue weighted by Crippen LogP contribution is 2.56. The maximum Gasteiger partial charge on any atom is 0.416 e. The Kier molecular flexibility index (Phi) is 8.47. The number of allylic oxidation sites excluding steroid dienone is 1. The summed E-state index contributed by atoms with van der Waals surface area (Å²) in [7, 11) is 0. The Morgan fingerprint density at radius 2 is 1.22 bits per heavy atom. The molecule has 1 atom stereocenters. The lowest BCUT2D eigenvalue weighted by molar-refractivity contribution is -0.139. The van der Waals surface area contributed by atoms with Crippen LogP contribution in [0.3, 0.4) is 0 Å². The molecule has 0 aromatic heterocycles. The zero-order valence-corrected chi connectivity index (χ0v) is 28.2. The van der Waals surface area contributed by atoms with Crippen LogP contribution in [0.25, 0.3) is 54.9 Å². The number of unbranched alkanes of at least 4 members (excludes halogenated alkanes) is 1. The van der Waals surface area contributed by atoms with Gasteiger partial charge in [0.05, 0.1) is 12.2 Å². The molecule has 0 fully saturated rings. The minimum absolute atomic E-state index is 0.322. The molecule has 5 heteroatoms. The number of fused-ring (bicyclic) bond motifs is 5. The lowest BCUT2D eigenvalue weighted by Crippen LogP contribution is -2.26. The number of hydrogen-bond donors (Lipinski definition) is 0. The number of halogens is 3. The smallest absolute Gasteiger partial charge is 0.416 e. The second kappa shape index (κ2) is 12.8. The van der Waals surface area contributed by atoms with Crippen molar-refractivity contribution < 1.29 is 22.7 Å². The van der Waals surface area contributed by atoms with Crippen molar-refractivity contribution in [3.8, 4) is 33.4 Å². The van der Waals surface area contributed by atoms with E-state index in [1.54, 1.807) is 13.0 Å². The van der Waals surface area contributed by atoms with Crippen molar-refractivity contribution in [1.29, 1.82) is 0 Å². The third-order valence-corrected chi connectivity index (χ3v) is 10.1. The second-order valence-electron chi connectivity index (χ2n) is 13.3. The highest BCUT2D eigenvalue weighted by molar-refractivity contribution is 6.21. The van der Waals surface area contributed by atoms with Crippen LogP contribution in [0.1, 0.15) is 49.8 Å². The fourth-order valence-electron chi connectivity index (χ4n) is 7.85. The first-order valence-corrected chi connectivity index (χ1v) is 16.9. The first-order valence-electron chi connectivity index (χ1n) is 16.9. The van der Waals surface area contributed by atoms with Gasteiger partial charge in [0, 0.05) is 11.0 Å². The van der Waals surface area contributed by atoms with E-state index in [9.17, 15) is 18.0 Å². The van der Waals surface area contributed by atoms with Gasteiger partial charge < -0.3 is 4.74 Å². The summed E-state index contributed by atoms with van der Waals surface area (Å²) in [5, 5.41) is 3.71. The molecule has 1 aliphatic rings. The van der Waals surface area contributed by atoms with Crippen molar-refractivity contribution in [3.63, 3.8) is 0 Å². The van der Waals surface area contributed by atoms with Gasteiger partial charge in [0.2, 0.25) is 0 Å². The molecule has 2 nitrogen and oxygen atoms in total. The van der Waals surface area contributed by atoms with Crippen LogP contribution in [0.4, 0.5) is 13.2 Å². The van der Waals surface area contributed by atoms with E-state index in [0.717, 1.165) is 68.3 Å². The molecule has 0 amide bonds. The van der Waals surface area contributed by atoms with Crippen molar-refractivity contribution in [3.05, 3.63) is 156 Å². The first-order chi connectivity index (χ1) is 24.0. The Morgan fingerprint density at radius 1 is 0.660 bits per heavy atom. The Labute approximate surface area is 290 Å². The van der Waals surface area contributed by atoms with E-state index in [1.165, 1.54) is 28.8 Å². The molecule has 1 unspecified atom stereocenters. The predicted octanol–water partition coefficient (Wildman–Crippen LogP) is 12.5. The van der Waals surface area contributed by atoms with Crippen LogP contribution in [0.2, 0.25) is 0 Å². The Hall–Kier alpha value is -5.42. The number of rotatable bonds is 9. The van der Waals surface area contributed by atoms with Crippen molar-refractivity contribution >= 4 is 27.5 Å². The molecule has 50 heavy (non-hydrogen) atoms. The fraction of sp³-hybridized carbons (Fsp3) is 0.178. The van der Waals surface area contributed by atoms with Gasteiger partial charge in [-0.25, -0.2) is 4.79 Å². The van der Waals surface area contributed by atoms with Gasteiger partial charge in [-0.05, 0) is 117 Å². The summed E-state index contributed by atoms with van der Waals surface area (Å²) in [6.45, 7) is 12.3. The summed E-state index contributed by atoms with van der Waals surface area (Å²) in [5.74, 6) is -0.376. The highest BCUT2D eigenvalue weighted by atomic mass is 19.4. The molecule has 0 radical (unpaired) electrons. The number of esters is 1. The van der Waals surface area contributed by atoms with E-state index in [1.807, 2.05) is 36.4 Å². The topological polar surface area (TPSA) is 26.3 Å². The van der Waals surface area contributed by atoms with Crippen LogP contribution in [0.5, 0.6) is 0 Å². The zero-order valence-electron chi connectivity index (χ0n) is 28.2. The molecule has 0 bridgehead atoms. The van der Waals surface area contributed by atoms with E-state index >= 15 is 0 Å². The summed E-state index contributed by atoms with van der Waals surface area (Å²) in [4.78, 5) is 12.0. The number of ether oxygens (including phenoxy) is 1. The average molecular weight is 667 g/mol. The number of hydrogen-bond acceptors (Lipinski definition) is 2. The normalized spacial score (nSPS) is 15.1. The third kappa shape index (κ3) is 5.51. The maximum absolute atomic E-state index is 13.9. The molecule has 0 N–H and O–H groups in total. The lowest BCUT2D eigenvalue weighted by Gasteiger charge is -2.33. The molecule has 0 saturated carbocycles. The zero-order chi connectivity index (χ0) is 35.2. The number of carbonyl (C=O) groups is 1. The van der Waals surface area contributed by atoms with Crippen molar-refractivity contribution in [2.45, 2.75) is 44.7 Å². The van der Waals surface area contributed by atoms with Gasteiger partial charge in [0.1, 0.15) is 0 Å². The number of carbonyl (C=O) groups excluding carboxylic acids is 1. The summed E-state index contributed by atoms with van der Waals surface area (Å²) < 4.78 is 47.0. The number of benzene rings is 6. The Morgan fingerprint density at radius 3 is 1.80 bits per heavy atom. The van der Waals surface area contributed by atoms with Crippen LogP contribution in [0, 0.1) is 0 Å².